The molecular formula is C30H37NO2Yb. The molecule has 3 aromatic carbocycles. The van der Waals surface area contributed by atoms with Gasteiger partial charge in [-0.3, -0.25) is 0 Å². The van der Waals surface area contributed by atoms with Gasteiger partial charge in [0.15, 0.2) is 0 Å². The maximum atomic E-state index is 9.83. The Morgan fingerprint density at radius 1 is 0.971 bits per heavy atom. The molecule has 0 saturated carbocycles. The first-order chi connectivity index (χ1) is 16.1. The van der Waals surface area contributed by atoms with Gasteiger partial charge in [0, 0.05) is 24.8 Å². The predicted octanol–water partition coefficient (Wildman–Crippen LogP) is 6.92. The Kier molecular flexibility index (Phi) is 12.0. The van der Waals surface area contributed by atoms with Gasteiger partial charge < -0.3 is 28.6 Å². The fourth-order valence-corrected chi connectivity index (χ4v) is 4.68. The molecule has 0 saturated heterocycles. The van der Waals surface area contributed by atoms with Crippen molar-refractivity contribution in [2.45, 2.75) is 52.0 Å². The van der Waals surface area contributed by atoms with Crippen molar-refractivity contribution in [1.29, 1.82) is 0 Å². The predicted molar refractivity (Wildman–Crippen MR) is 139 cm³/mol. The van der Waals surface area contributed by atoms with Crippen molar-refractivity contribution >= 4 is 5.69 Å². The largest absolute Gasteiger partial charge is 2.00 e. The molecule has 4 heteroatoms. The topological polar surface area (TPSA) is 32.7 Å². The number of aryl methyl sites for hydroxylation is 1. The third-order valence-corrected chi connectivity index (χ3v) is 6.50. The quantitative estimate of drug-likeness (QED) is 0.293. The fraction of sp³-hybridized carbons (Fsp3) is 0.333. The summed E-state index contributed by atoms with van der Waals surface area (Å²) in [7, 11) is 1.73. The molecule has 0 radical (unpaired) electrons. The third-order valence-electron chi connectivity index (χ3n) is 6.50. The standard InChI is InChI=1S/C28H32NO2.C2H5.Yb/c1-4-20-6-8-21(9-7-20)19-29(5-2)28-18-26(31-3)14-15-27(28)24-11-10-23-17-25(30)13-12-22(23)16-24;1-2;/h6-9,12-15,17-18,24,30H,1,4-5,10-11,16,19H2,2-3H3;1H2,2H3;/q2*-1;+2/t24-;;/m1../s1. The zero-order chi connectivity index (χ0) is 23.8. The Balaban J connectivity index is 0.00000133. The first-order valence-electron chi connectivity index (χ1n) is 11.9. The number of benzene rings is 3. The number of fused-ring (bicyclic) bond motifs is 1. The molecule has 0 fully saturated rings. The zero-order valence-corrected chi connectivity index (χ0v) is 22.3. The van der Waals surface area contributed by atoms with Crippen LogP contribution in [0.4, 0.5) is 5.69 Å². The van der Waals surface area contributed by atoms with Gasteiger partial charge in [-0.1, -0.05) is 42.0 Å². The number of nitrogens with zero attached hydrogens (tertiary/aromatic N) is 1. The van der Waals surface area contributed by atoms with E-state index in [0.717, 1.165) is 44.5 Å². The van der Waals surface area contributed by atoms with Crippen molar-refractivity contribution in [3.63, 3.8) is 0 Å². The van der Waals surface area contributed by atoms with E-state index in [2.05, 4.69) is 74.2 Å². The van der Waals surface area contributed by atoms with Crippen LogP contribution in [-0.2, 0) is 25.8 Å². The smallest absolute Gasteiger partial charge is 0.508 e. The Hall–Kier alpha value is -1.42. The molecule has 0 aromatic heterocycles. The van der Waals surface area contributed by atoms with E-state index in [1.54, 1.807) is 14.0 Å². The summed E-state index contributed by atoms with van der Waals surface area (Å²) in [6.07, 6.45) is 3.91. The average molecular weight is 617 g/mol. The number of anilines is 1. The molecule has 0 amide bonds. The molecule has 0 aliphatic heterocycles. The maximum Gasteiger partial charge on any atom is 2.00 e. The molecule has 0 heterocycles. The summed E-state index contributed by atoms with van der Waals surface area (Å²) in [5, 5.41) is 9.83. The van der Waals surface area contributed by atoms with E-state index in [1.165, 1.54) is 33.5 Å². The van der Waals surface area contributed by atoms with Crippen molar-refractivity contribution in [2.75, 3.05) is 18.6 Å². The first kappa shape index (κ1) is 28.8. The van der Waals surface area contributed by atoms with Gasteiger partial charge in [-0.25, -0.2) is 0 Å². The van der Waals surface area contributed by atoms with E-state index in [9.17, 15) is 5.11 Å². The molecule has 34 heavy (non-hydrogen) atoms. The van der Waals surface area contributed by atoms with Crippen LogP contribution in [-0.4, -0.2) is 18.8 Å². The van der Waals surface area contributed by atoms with Crippen molar-refractivity contribution in [1.82, 2.24) is 0 Å². The monoisotopic (exact) mass is 617 g/mol. The molecule has 3 nitrogen and oxygen atoms in total. The molecule has 188 valence electrons. The van der Waals surface area contributed by atoms with Crippen LogP contribution in [0.1, 0.15) is 54.0 Å². The number of ether oxygens (including phenoxy) is 1. The molecular weight excluding hydrogens is 579 g/mol. The van der Waals surface area contributed by atoms with E-state index >= 15 is 0 Å². The summed E-state index contributed by atoms with van der Waals surface area (Å²) in [6.45, 7) is 13.0. The summed E-state index contributed by atoms with van der Waals surface area (Å²) in [5.41, 5.74) is 7.84. The van der Waals surface area contributed by atoms with Gasteiger partial charge in [-0.05, 0) is 72.6 Å². The minimum Gasteiger partial charge on any atom is -0.508 e. The summed E-state index contributed by atoms with van der Waals surface area (Å²) >= 11 is 0. The SMILES string of the molecule is [CH2-]C.[CH2-]Cc1ccc(CN(CC)c2cc(OC)ccc2[C@@H]2CCc3cc(O)ccc3C2)cc1.[Yb+2]. The van der Waals surface area contributed by atoms with Gasteiger partial charge in [0.2, 0.25) is 0 Å². The Labute approximate surface area is 244 Å². The van der Waals surface area contributed by atoms with E-state index in [4.69, 9.17) is 4.74 Å². The first-order valence-corrected chi connectivity index (χ1v) is 11.9. The van der Waals surface area contributed by atoms with Crippen LogP contribution >= 0.6 is 0 Å². The van der Waals surface area contributed by atoms with E-state index < -0.39 is 0 Å². The normalized spacial score (nSPS) is 14.2. The third kappa shape index (κ3) is 7.06. The molecule has 1 aliphatic carbocycles. The molecule has 1 N–H and O–H groups in total. The molecule has 0 unspecified atom stereocenters. The van der Waals surface area contributed by atoms with Gasteiger partial charge in [-0.2, -0.15) is 13.3 Å². The minimum absolute atomic E-state index is 0. The van der Waals surface area contributed by atoms with Crippen LogP contribution in [0, 0.1) is 60.8 Å². The number of hydrogen-bond donors (Lipinski definition) is 1. The van der Waals surface area contributed by atoms with E-state index in [0.29, 0.717) is 11.7 Å². The van der Waals surface area contributed by atoms with Crippen molar-refractivity contribution < 1.29 is 56.8 Å². The van der Waals surface area contributed by atoms with Gasteiger partial charge >= 0.3 is 46.9 Å². The second kappa shape index (κ2) is 14.2. The number of phenolic OH excluding ortho intramolecular Hbond substituents is 1. The zero-order valence-electron chi connectivity index (χ0n) is 20.6. The van der Waals surface area contributed by atoms with Crippen LogP contribution in [0.3, 0.4) is 0 Å². The van der Waals surface area contributed by atoms with Gasteiger partial charge in [0.05, 0.1) is 7.11 Å². The van der Waals surface area contributed by atoms with Crippen molar-refractivity contribution in [2.24, 2.45) is 0 Å². The summed E-state index contributed by atoms with van der Waals surface area (Å²) in [6, 6.07) is 21.1. The molecule has 1 aliphatic rings. The summed E-state index contributed by atoms with van der Waals surface area (Å²) in [5.74, 6) is 1.72. The molecule has 1 atom stereocenters. The maximum absolute atomic E-state index is 9.83. The Morgan fingerprint density at radius 2 is 1.68 bits per heavy atom. The van der Waals surface area contributed by atoms with Crippen LogP contribution in [0.5, 0.6) is 11.5 Å². The fourth-order valence-electron chi connectivity index (χ4n) is 4.68. The average Bonchev–Trinajstić information content (AvgIpc) is 2.88. The molecule has 0 bridgehead atoms. The summed E-state index contributed by atoms with van der Waals surface area (Å²) in [4.78, 5) is 2.45. The van der Waals surface area contributed by atoms with Gasteiger partial charge in [0.25, 0.3) is 0 Å². The molecule has 4 rings (SSSR count). The number of rotatable bonds is 7. The Bertz CT molecular complexity index is 1030. The molecule has 3 aromatic rings. The number of phenols is 1. The van der Waals surface area contributed by atoms with Gasteiger partial charge in [0.1, 0.15) is 11.5 Å². The van der Waals surface area contributed by atoms with Crippen molar-refractivity contribution in [3.05, 3.63) is 102 Å². The number of methoxy groups -OCH3 is 1. The minimum atomic E-state index is 0. The van der Waals surface area contributed by atoms with E-state index in [1.807, 2.05) is 12.1 Å². The van der Waals surface area contributed by atoms with E-state index in [-0.39, 0.29) is 46.9 Å². The Morgan fingerprint density at radius 3 is 2.32 bits per heavy atom. The van der Waals surface area contributed by atoms with Crippen molar-refractivity contribution in [3.8, 4) is 11.5 Å². The number of aromatic hydroxyl groups is 1. The van der Waals surface area contributed by atoms with Crippen LogP contribution < -0.4 is 9.64 Å². The second-order valence-corrected chi connectivity index (χ2v) is 8.40. The number of hydrogen-bond acceptors (Lipinski definition) is 3. The second-order valence-electron chi connectivity index (χ2n) is 8.40. The van der Waals surface area contributed by atoms with Crippen LogP contribution in [0.25, 0.3) is 0 Å². The van der Waals surface area contributed by atoms with Crippen LogP contribution in [0.15, 0.2) is 60.7 Å². The molecule has 0 spiro atoms. The summed E-state index contributed by atoms with van der Waals surface area (Å²) < 4.78 is 5.58. The van der Waals surface area contributed by atoms with Gasteiger partial charge in [-0.15, -0.1) is 0 Å². The van der Waals surface area contributed by atoms with Crippen LogP contribution in [0.2, 0.25) is 0 Å².